The van der Waals surface area contributed by atoms with Crippen molar-refractivity contribution in [2.75, 3.05) is 12.9 Å². The number of hydrogen-bond acceptors (Lipinski definition) is 3. The Hall–Kier alpha value is -2.15. The number of alkyl halides is 3. The van der Waals surface area contributed by atoms with E-state index in [0.29, 0.717) is 11.4 Å². The van der Waals surface area contributed by atoms with E-state index in [9.17, 15) is 18.0 Å². The molecule has 2 aromatic carbocycles. The normalized spacial score (nSPS) is 11.2. The van der Waals surface area contributed by atoms with Gasteiger partial charge in [0.1, 0.15) is 5.75 Å². The second kappa shape index (κ2) is 8.10. The molecule has 0 atom stereocenters. The van der Waals surface area contributed by atoms with E-state index in [1.165, 1.54) is 6.07 Å². The lowest BCUT2D eigenvalue weighted by atomic mass is 10.2. The smallest absolute Gasteiger partial charge is 0.416 e. The molecule has 24 heavy (non-hydrogen) atoms. The molecule has 128 valence electrons. The van der Waals surface area contributed by atoms with Crippen molar-refractivity contribution in [3.8, 4) is 5.75 Å². The Morgan fingerprint density at radius 3 is 2.50 bits per heavy atom. The highest BCUT2D eigenvalue weighted by atomic mass is 32.2. The summed E-state index contributed by atoms with van der Waals surface area (Å²) in [5.41, 5.74) is 0.194. The van der Waals surface area contributed by atoms with Gasteiger partial charge in [0.2, 0.25) is 5.91 Å². The molecule has 0 radical (unpaired) electrons. The average Bonchev–Trinajstić information content (AvgIpc) is 2.58. The number of methoxy groups -OCH3 is 1. The van der Waals surface area contributed by atoms with E-state index in [2.05, 4.69) is 5.32 Å². The predicted octanol–water partition coefficient (Wildman–Crippen LogP) is 4.12. The molecule has 0 unspecified atom stereocenters. The van der Waals surface area contributed by atoms with Crippen LogP contribution in [0.4, 0.5) is 13.2 Å². The molecule has 0 aliphatic rings. The summed E-state index contributed by atoms with van der Waals surface area (Å²) in [6, 6.07) is 12.2. The van der Waals surface area contributed by atoms with E-state index >= 15 is 0 Å². The molecular formula is C17H16F3NO2S. The number of nitrogens with one attached hydrogen (secondary N) is 1. The molecule has 0 saturated heterocycles. The molecule has 0 aliphatic heterocycles. The molecule has 1 amide bonds. The lowest BCUT2D eigenvalue weighted by Gasteiger charge is -2.09. The van der Waals surface area contributed by atoms with Gasteiger partial charge in [-0.05, 0) is 35.9 Å². The maximum absolute atomic E-state index is 12.6. The SMILES string of the molecule is COc1ccc(CNC(=O)CSc2cccc(C(F)(F)F)c2)cc1. The summed E-state index contributed by atoms with van der Waals surface area (Å²) >= 11 is 1.07. The molecule has 7 heteroatoms. The van der Waals surface area contributed by atoms with Crippen molar-refractivity contribution in [2.24, 2.45) is 0 Å². The Balaban J connectivity index is 1.82. The number of amides is 1. The highest BCUT2D eigenvalue weighted by molar-refractivity contribution is 8.00. The van der Waals surface area contributed by atoms with Crippen LogP contribution in [0.3, 0.4) is 0 Å². The number of carbonyl (C=O) groups is 1. The molecular weight excluding hydrogens is 339 g/mol. The number of thioether (sulfide) groups is 1. The maximum atomic E-state index is 12.6. The van der Waals surface area contributed by atoms with Gasteiger partial charge in [-0.1, -0.05) is 18.2 Å². The molecule has 0 spiro atoms. The van der Waals surface area contributed by atoms with Crippen LogP contribution in [0.5, 0.6) is 5.75 Å². The topological polar surface area (TPSA) is 38.3 Å². The third-order valence-electron chi connectivity index (χ3n) is 3.18. The average molecular weight is 355 g/mol. The zero-order valence-electron chi connectivity index (χ0n) is 12.9. The molecule has 0 saturated carbocycles. The molecule has 0 heterocycles. The lowest BCUT2D eigenvalue weighted by molar-refractivity contribution is -0.137. The minimum atomic E-state index is -4.38. The van der Waals surface area contributed by atoms with E-state index < -0.39 is 11.7 Å². The van der Waals surface area contributed by atoms with Gasteiger partial charge in [0.05, 0.1) is 18.4 Å². The minimum absolute atomic E-state index is 0.0530. The molecule has 3 nitrogen and oxygen atoms in total. The third-order valence-corrected chi connectivity index (χ3v) is 4.17. The van der Waals surface area contributed by atoms with Crippen molar-refractivity contribution in [1.29, 1.82) is 0 Å². The summed E-state index contributed by atoms with van der Waals surface area (Å²) < 4.78 is 42.9. The fraction of sp³-hybridized carbons (Fsp3) is 0.235. The van der Waals surface area contributed by atoms with Gasteiger partial charge in [-0.3, -0.25) is 4.79 Å². The molecule has 0 aliphatic carbocycles. The van der Waals surface area contributed by atoms with Gasteiger partial charge in [-0.15, -0.1) is 11.8 Å². The maximum Gasteiger partial charge on any atom is 0.416 e. The lowest BCUT2D eigenvalue weighted by Crippen LogP contribution is -2.24. The van der Waals surface area contributed by atoms with Crippen molar-refractivity contribution in [2.45, 2.75) is 17.6 Å². The van der Waals surface area contributed by atoms with Crippen LogP contribution in [0, 0.1) is 0 Å². The van der Waals surface area contributed by atoms with E-state index in [-0.39, 0.29) is 11.7 Å². The second-order valence-electron chi connectivity index (χ2n) is 4.94. The Labute approximate surface area is 142 Å². The number of benzene rings is 2. The summed E-state index contributed by atoms with van der Waals surface area (Å²) in [7, 11) is 1.57. The van der Waals surface area contributed by atoms with Gasteiger partial charge in [0.25, 0.3) is 0 Å². The fourth-order valence-electron chi connectivity index (χ4n) is 1.91. The monoisotopic (exact) mass is 355 g/mol. The Morgan fingerprint density at radius 2 is 1.88 bits per heavy atom. The van der Waals surface area contributed by atoms with Crippen LogP contribution in [-0.2, 0) is 17.5 Å². The van der Waals surface area contributed by atoms with Crippen LogP contribution in [0.15, 0.2) is 53.4 Å². The van der Waals surface area contributed by atoms with E-state index in [0.717, 1.165) is 35.2 Å². The zero-order valence-corrected chi connectivity index (χ0v) is 13.7. The van der Waals surface area contributed by atoms with Crippen molar-refractivity contribution in [3.05, 3.63) is 59.7 Å². The van der Waals surface area contributed by atoms with Gasteiger partial charge < -0.3 is 10.1 Å². The standard InChI is InChI=1S/C17H16F3NO2S/c1-23-14-7-5-12(6-8-14)10-21-16(22)11-24-15-4-2-3-13(9-15)17(18,19)20/h2-9H,10-11H2,1H3,(H,21,22). The molecule has 0 bridgehead atoms. The van der Waals surface area contributed by atoms with E-state index in [1.807, 2.05) is 12.1 Å². The second-order valence-corrected chi connectivity index (χ2v) is 5.99. The fourth-order valence-corrected chi connectivity index (χ4v) is 2.69. The number of rotatable bonds is 6. The number of halogens is 3. The van der Waals surface area contributed by atoms with Gasteiger partial charge in [-0.25, -0.2) is 0 Å². The van der Waals surface area contributed by atoms with Crippen LogP contribution >= 0.6 is 11.8 Å². The van der Waals surface area contributed by atoms with Crippen molar-refractivity contribution in [1.82, 2.24) is 5.32 Å². The van der Waals surface area contributed by atoms with Crippen molar-refractivity contribution < 1.29 is 22.7 Å². The number of hydrogen-bond donors (Lipinski definition) is 1. The predicted molar refractivity (Wildman–Crippen MR) is 87.0 cm³/mol. The number of carbonyl (C=O) groups excluding carboxylic acids is 1. The number of ether oxygens (including phenoxy) is 1. The third kappa shape index (κ3) is 5.49. The Bertz CT molecular complexity index is 687. The highest BCUT2D eigenvalue weighted by Crippen LogP contribution is 2.31. The van der Waals surface area contributed by atoms with Crippen LogP contribution in [-0.4, -0.2) is 18.8 Å². The molecule has 0 fully saturated rings. The highest BCUT2D eigenvalue weighted by Gasteiger charge is 2.30. The Kier molecular flexibility index (Phi) is 6.14. The van der Waals surface area contributed by atoms with Crippen LogP contribution < -0.4 is 10.1 Å². The van der Waals surface area contributed by atoms with Crippen LogP contribution in [0.2, 0.25) is 0 Å². The quantitative estimate of drug-likeness (QED) is 0.792. The largest absolute Gasteiger partial charge is 0.497 e. The van der Waals surface area contributed by atoms with Gasteiger partial charge in [0.15, 0.2) is 0 Å². The summed E-state index contributed by atoms with van der Waals surface area (Å²) in [4.78, 5) is 12.2. The van der Waals surface area contributed by atoms with Crippen LogP contribution in [0.25, 0.3) is 0 Å². The van der Waals surface area contributed by atoms with Gasteiger partial charge in [0, 0.05) is 11.4 Å². The summed E-state index contributed by atoms with van der Waals surface area (Å²) in [5.74, 6) is 0.538. The first-order valence-corrected chi connectivity index (χ1v) is 8.07. The molecule has 0 aromatic heterocycles. The van der Waals surface area contributed by atoms with E-state index in [4.69, 9.17) is 4.74 Å². The first-order chi connectivity index (χ1) is 11.4. The summed E-state index contributed by atoms with van der Waals surface area (Å²) in [6.45, 7) is 0.353. The first kappa shape index (κ1) is 18.2. The first-order valence-electron chi connectivity index (χ1n) is 7.08. The zero-order chi connectivity index (χ0) is 17.6. The summed E-state index contributed by atoms with van der Waals surface area (Å²) in [5, 5.41) is 2.73. The molecule has 2 aromatic rings. The summed E-state index contributed by atoms with van der Waals surface area (Å²) in [6.07, 6.45) is -4.38. The van der Waals surface area contributed by atoms with Gasteiger partial charge in [-0.2, -0.15) is 13.2 Å². The van der Waals surface area contributed by atoms with E-state index in [1.54, 1.807) is 25.3 Å². The molecule has 1 N–H and O–H groups in total. The van der Waals surface area contributed by atoms with Gasteiger partial charge >= 0.3 is 6.18 Å². The Morgan fingerprint density at radius 1 is 1.17 bits per heavy atom. The van der Waals surface area contributed by atoms with Crippen molar-refractivity contribution >= 4 is 17.7 Å². The molecule has 2 rings (SSSR count). The minimum Gasteiger partial charge on any atom is -0.497 e. The van der Waals surface area contributed by atoms with Crippen molar-refractivity contribution in [3.63, 3.8) is 0 Å². The van der Waals surface area contributed by atoms with Crippen LogP contribution in [0.1, 0.15) is 11.1 Å².